The maximum absolute atomic E-state index is 12.1. The van der Waals surface area contributed by atoms with Crippen LogP contribution < -0.4 is 10.6 Å². The van der Waals surface area contributed by atoms with Crippen molar-refractivity contribution in [1.82, 2.24) is 10.3 Å². The Bertz CT molecular complexity index is 579. The molecule has 0 aromatic carbocycles. The number of aliphatic hydroxyl groups is 1. The van der Waals surface area contributed by atoms with Gasteiger partial charge in [0.25, 0.3) is 0 Å². The number of amides is 1. The summed E-state index contributed by atoms with van der Waals surface area (Å²) >= 11 is 1.10. The smallest absolute Gasteiger partial charge is 0.350 e. The Hall–Kier alpha value is -1.51. The number of aliphatic hydroxyl groups excluding tert-OH is 1. The van der Waals surface area contributed by atoms with Gasteiger partial charge in [-0.25, -0.2) is 9.78 Å². The highest BCUT2D eigenvalue weighted by Crippen LogP contribution is 2.32. The van der Waals surface area contributed by atoms with Crippen molar-refractivity contribution in [2.45, 2.75) is 44.8 Å². The summed E-state index contributed by atoms with van der Waals surface area (Å²) < 4.78 is 4.78. The molecule has 22 heavy (non-hydrogen) atoms. The van der Waals surface area contributed by atoms with E-state index in [0.29, 0.717) is 28.7 Å². The Labute approximate surface area is 133 Å². The maximum Gasteiger partial charge on any atom is 0.350 e. The summed E-state index contributed by atoms with van der Waals surface area (Å²) in [5.41, 5.74) is 0.254. The molecule has 0 radical (unpaired) electrons. The molecule has 0 aliphatic carbocycles. The fourth-order valence-electron chi connectivity index (χ4n) is 2.22. The topological polar surface area (TPSA) is 101 Å². The number of aromatic nitrogens is 1. The van der Waals surface area contributed by atoms with E-state index < -0.39 is 18.1 Å². The standard InChI is InChI=1S/C14H21N3O4S/c1-14(2,3)10-9(12(20)21-4)22-13(16-10)17-11(19)8-5-7(18)6-15-8/h7-8,15,18H,5-6H2,1-4H3,(H,16,17,19). The molecule has 0 bridgehead atoms. The second-order valence-electron chi connectivity index (χ2n) is 6.28. The summed E-state index contributed by atoms with van der Waals surface area (Å²) in [5.74, 6) is -0.723. The summed E-state index contributed by atoms with van der Waals surface area (Å²) in [7, 11) is 1.32. The number of hydrogen-bond acceptors (Lipinski definition) is 7. The number of methoxy groups -OCH3 is 1. The number of esters is 1. The van der Waals surface area contributed by atoms with E-state index in [9.17, 15) is 14.7 Å². The molecule has 2 unspecified atom stereocenters. The Morgan fingerprint density at radius 2 is 2.14 bits per heavy atom. The lowest BCUT2D eigenvalue weighted by atomic mass is 9.91. The van der Waals surface area contributed by atoms with Crippen molar-refractivity contribution in [3.8, 4) is 0 Å². The molecule has 1 aromatic rings. The zero-order chi connectivity index (χ0) is 16.5. The molecular weight excluding hydrogens is 306 g/mol. The lowest BCUT2D eigenvalue weighted by Gasteiger charge is -2.16. The molecule has 1 saturated heterocycles. The average molecular weight is 327 g/mol. The first-order valence-corrected chi connectivity index (χ1v) is 7.86. The summed E-state index contributed by atoms with van der Waals surface area (Å²) in [6.07, 6.45) is -0.143. The fraction of sp³-hybridized carbons (Fsp3) is 0.643. The molecule has 122 valence electrons. The zero-order valence-corrected chi connectivity index (χ0v) is 13.9. The molecule has 0 saturated carbocycles. The lowest BCUT2D eigenvalue weighted by molar-refractivity contribution is -0.117. The van der Waals surface area contributed by atoms with Crippen molar-refractivity contribution in [3.05, 3.63) is 10.6 Å². The Morgan fingerprint density at radius 1 is 1.45 bits per heavy atom. The van der Waals surface area contributed by atoms with Crippen molar-refractivity contribution in [2.24, 2.45) is 0 Å². The second-order valence-corrected chi connectivity index (χ2v) is 7.28. The van der Waals surface area contributed by atoms with Gasteiger partial charge < -0.3 is 20.5 Å². The molecule has 2 atom stereocenters. The number of nitrogens with zero attached hydrogens (tertiary/aromatic N) is 1. The van der Waals surface area contributed by atoms with Crippen LogP contribution in [0, 0.1) is 0 Å². The van der Waals surface area contributed by atoms with Gasteiger partial charge in [0.15, 0.2) is 5.13 Å². The summed E-state index contributed by atoms with van der Waals surface area (Å²) in [6.45, 7) is 6.22. The van der Waals surface area contributed by atoms with Gasteiger partial charge in [0.05, 0.1) is 24.9 Å². The van der Waals surface area contributed by atoms with E-state index >= 15 is 0 Å². The SMILES string of the molecule is COC(=O)c1sc(NC(=O)C2CC(O)CN2)nc1C(C)(C)C. The highest BCUT2D eigenvalue weighted by Gasteiger charge is 2.31. The van der Waals surface area contributed by atoms with Crippen molar-refractivity contribution in [3.63, 3.8) is 0 Å². The van der Waals surface area contributed by atoms with Crippen molar-refractivity contribution in [2.75, 3.05) is 19.0 Å². The average Bonchev–Trinajstić information content (AvgIpc) is 3.03. The molecule has 1 aromatic heterocycles. The summed E-state index contributed by atoms with van der Waals surface area (Å²) in [4.78, 5) is 28.8. The van der Waals surface area contributed by atoms with E-state index in [2.05, 4.69) is 15.6 Å². The first-order chi connectivity index (χ1) is 10.2. The monoisotopic (exact) mass is 327 g/mol. The van der Waals surface area contributed by atoms with Gasteiger partial charge in [-0.05, 0) is 6.42 Å². The third-order valence-electron chi connectivity index (χ3n) is 3.36. The predicted octanol–water partition coefficient (Wildman–Crippen LogP) is 0.888. The van der Waals surface area contributed by atoms with Crippen LogP contribution in [-0.4, -0.2) is 47.8 Å². The van der Waals surface area contributed by atoms with Gasteiger partial charge in [-0.1, -0.05) is 32.1 Å². The van der Waals surface area contributed by atoms with E-state index in [0.717, 1.165) is 11.3 Å². The van der Waals surface area contributed by atoms with Gasteiger partial charge in [0, 0.05) is 12.0 Å². The Kier molecular flexibility index (Phi) is 4.84. The molecule has 8 heteroatoms. The van der Waals surface area contributed by atoms with E-state index in [-0.39, 0.29) is 11.3 Å². The molecule has 1 aliphatic heterocycles. The normalized spacial score (nSPS) is 21.7. The van der Waals surface area contributed by atoms with Crippen LogP contribution in [0.2, 0.25) is 0 Å². The maximum atomic E-state index is 12.1. The molecule has 2 heterocycles. The second kappa shape index (κ2) is 6.31. The minimum absolute atomic E-state index is 0.262. The van der Waals surface area contributed by atoms with Gasteiger partial charge in [0.1, 0.15) is 4.88 Å². The van der Waals surface area contributed by atoms with Gasteiger partial charge in [-0.2, -0.15) is 0 Å². The van der Waals surface area contributed by atoms with E-state index in [1.807, 2.05) is 20.8 Å². The summed E-state index contributed by atoms with van der Waals surface area (Å²) in [5, 5.41) is 15.5. The van der Waals surface area contributed by atoms with Crippen LogP contribution in [0.3, 0.4) is 0 Å². The van der Waals surface area contributed by atoms with Crippen LogP contribution in [0.4, 0.5) is 5.13 Å². The van der Waals surface area contributed by atoms with Gasteiger partial charge in [-0.3, -0.25) is 4.79 Å². The number of ether oxygens (including phenoxy) is 1. The molecule has 2 rings (SSSR count). The number of thiazole rings is 1. The van der Waals surface area contributed by atoms with Gasteiger partial charge in [-0.15, -0.1) is 0 Å². The zero-order valence-electron chi connectivity index (χ0n) is 13.1. The molecule has 1 fully saturated rings. The minimum Gasteiger partial charge on any atom is -0.465 e. The molecule has 1 amide bonds. The number of carbonyl (C=O) groups is 2. The van der Waals surface area contributed by atoms with Gasteiger partial charge >= 0.3 is 5.97 Å². The lowest BCUT2D eigenvalue weighted by Crippen LogP contribution is -2.35. The third kappa shape index (κ3) is 3.63. The highest BCUT2D eigenvalue weighted by atomic mass is 32.1. The van der Waals surface area contributed by atoms with Crippen molar-refractivity contribution >= 4 is 28.3 Å². The fourth-order valence-corrected chi connectivity index (χ4v) is 3.32. The van der Waals surface area contributed by atoms with Crippen LogP contribution in [0.5, 0.6) is 0 Å². The van der Waals surface area contributed by atoms with Crippen molar-refractivity contribution < 1.29 is 19.4 Å². The largest absolute Gasteiger partial charge is 0.465 e. The van der Waals surface area contributed by atoms with E-state index in [1.165, 1.54) is 7.11 Å². The number of rotatable bonds is 3. The van der Waals surface area contributed by atoms with E-state index in [1.54, 1.807) is 0 Å². The minimum atomic E-state index is -0.511. The van der Waals surface area contributed by atoms with Crippen LogP contribution in [0.15, 0.2) is 0 Å². The van der Waals surface area contributed by atoms with Crippen molar-refractivity contribution in [1.29, 1.82) is 0 Å². The number of nitrogens with one attached hydrogen (secondary N) is 2. The first-order valence-electron chi connectivity index (χ1n) is 7.04. The number of β-amino-alcohol motifs (C(OH)–C–C–N with tert-alkyl or cyclic N) is 1. The number of anilines is 1. The molecule has 3 N–H and O–H groups in total. The Balaban J connectivity index is 2.20. The van der Waals surface area contributed by atoms with E-state index in [4.69, 9.17) is 4.74 Å². The molecule has 7 nitrogen and oxygen atoms in total. The third-order valence-corrected chi connectivity index (χ3v) is 4.31. The quantitative estimate of drug-likeness (QED) is 0.713. The summed E-state index contributed by atoms with van der Waals surface area (Å²) in [6, 6.07) is -0.446. The Morgan fingerprint density at radius 3 is 2.64 bits per heavy atom. The van der Waals surface area contributed by atoms with Crippen LogP contribution in [-0.2, 0) is 14.9 Å². The van der Waals surface area contributed by atoms with Crippen LogP contribution in [0.25, 0.3) is 0 Å². The molecule has 1 aliphatic rings. The van der Waals surface area contributed by atoms with Crippen LogP contribution >= 0.6 is 11.3 Å². The first kappa shape index (κ1) is 16.9. The van der Waals surface area contributed by atoms with Gasteiger partial charge in [0.2, 0.25) is 5.91 Å². The highest BCUT2D eigenvalue weighted by molar-refractivity contribution is 7.17. The van der Waals surface area contributed by atoms with Crippen LogP contribution in [0.1, 0.15) is 42.6 Å². The predicted molar refractivity (Wildman–Crippen MR) is 83.2 cm³/mol. The number of hydrogen-bond donors (Lipinski definition) is 3. The number of carbonyl (C=O) groups excluding carboxylic acids is 2. The molecular formula is C14H21N3O4S. The molecule has 0 spiro atoms.